The van der Waals surface area contributed by atoms with Gasteiger partial charge in [0.25, 0.3) is 0 Å². The van der Waals surface area contributed by atoms with Crippen molar-refractivity contribution in [1.29, 1.82) is 0 Å². The zero-order valence-electron chi connectivity index (χ0n) is 8.99. The first-order valence-corrected chi connectivity index (χ1v) is 5.76. The molecule has 0 aromatic carbocycles. The fraction of sp³-hybridized carbons (Fsp3) is 0.182. The Morgan fingerprint density at radius 3 is 2.88 bits per heavy atom. The summed E-state index contributed by atoms with van der Waals surface area (Å²) in [5, 5.41) is 20.7. The molecule has 2 N–H and O–H groups in total. The van der Waals surface area contributed by atoms with E-state index in [0.717, 1.165) is 0 Å². The number of rotatable bonds is 3. The molecule has 0 saturated carbocycles. The van der Waals surface area contributed by atoms with Crippen molar-refractivity contribution in [2.24, 2.45) is 0 Å². The first-order chi connectivity index (χ1) is 8.09. The van der Waals surface area contributed by atoms with Crippen LogP contribution in [-0.2, 0) is 0 Å². The Kier molecular flexibility index (Phi) is 3.16. The van der Waals surface area contributed by atoms with Gasteiger partial charge >= 0.3 is 5.97 Å². The third kappa shape index (κ3) is 2.32. The van der Waals surface area contributed by atoms with E-state index in [1.807, 2.05) is 0 Å². The summed E-state index contributed by atoms with van der Waals surface area (Å²) >= 11 is 1.20. The third-order valence-electron chi connectivity index (χ3n) is 2.25. The van der Waals surface area contributed by atoms with Gasteiger partial charge < -0.3 is 10.2 Å². The average molecular weight is 250 g/mol. The molecule has 2 aromatic heterocycles. The number of hydrogen-bond donors (Lipinski definition) is 2. The summed E-state index contributed by atoms with van der Waals surface area (Å²) in [5.41, 5.74) is 0.515. The monoisotopic (exact) mass is 250 g/mol. The molecule has 2 aromatic rings. The van der Waals surface area contributed by atoms with Crippen LogP contribution in [0.2, 0.25) is 0 Å². The number of carboxylic acids is 1. The van der Waals surface area contributed by atoms with Crippen molar-refractivity contribution in [3.8, 4) is 0 Å². The average Bonchev–Trinajstić information content (AvgIpc) is 2.77. The van der Waals surface area contributed by atoms with Gasteiger partial charge in [0, 0.05) is 6.20 Å². The van der Waals surface area contributed by atoms with Gasteiger partial charge in [-0.2, -0.15) is 0 Å². The molecular weight excluding hydrogens is 240 g/mol. The molecule has 6 heteroatoms. The molecule has 0 saturated heterocycles. The number of nitrogens with zero attached hydrogens (tertiary/aromatic N) is 2. The second-order valence-corrected chi connectivity index (χ2v) is 4.38. The smallest absolute Gasteiger partial charge is 0.336 e. The summed E-state index contributed by atoms with van der Waals surface area (Å²) in [6.45, 7) is 1.71. The Bertz CT molecular complexity index is 553. The van der Waals surface area contributed by atoms with Crippen molar-refractivity contribution in [3.05, 3.63) is 45.7 Å². The maximum absolute atomic E-state index is 10.9. The van der Waals surface area contributed by atoms with Crippen molar-refractivity contribution in [2.75, 3.05) is 0 Å². The van der Waals surface area contributed by atoms with E-state index in [1.54, 1.807) is 18.4 Å². The third-order valence-corrected chi connectivity index (χ3v) is 3.22. The van der Waals surface area contributed by atoms with Crippen LogP contribution in [0.4, 0.5) is 0 Å². The minimum atomic E-state index is -1.05. The number of carboxylic acid groups (broad SMARTS) is 1. The number of hydrogen-bond acceptors (Lipinski definition) is 5. The SMILES string of the molecule is Cc1nccc(C(O)c2sccc2C(=O)O)n1. The first kappa shape index (κ1) is 11.7. The van der Waals surface area contributed by atoms with E-state index in [0.29, 0.717) is 16.4 Å². The van der Waals surface area contributed by atoms with Crippen molar-refractivity contribution < 1.29 is 15.0 Å². The lowest BCUT2D eigenvalue weighted by Crippen LogP contribution is -2.07. The van der Waals surface area contributed by atoms with Crippen molar-refractivity contribution in [3.63, 3.8) is 0 Å². The Labute approximate surface area is 101 Å². The van der Waals surface area contributed by atoms with Crippen molar-refractivity contribution in [1.82, 2.24) is 9.97 Å². The van der Waals surface area contributed by atoms with Crippen LogP contribution in [0, 0.1) is 6.92 Å². The molecule has 0 aliphatic rings. The molecule has 0 radical (unpaired) electrons. The van der Waals surface area contributed by atoms with Crippen LogP contribution in [0.3, 0.4) is 0 Å². The van der Waals surface area contributed by atoms with E-state index in [-0.39, 0.29) is 5.56 Å². The van der Waals surface area contributed by atoms with Crippen LogP contribution in [0.5, 0.6) is 0 Å². The highest BCUT2D eigenvalue weighted by Gasteiger charge is 2.21. The van der Waals surface area contributed by atoms with E-state index < -0.39 is 12.1 Å². The van der Waals surface area contributed by atoms with Gasteiger partial charge in [0.05, 0.1) is 16.1 Å². The van der Waals surface area contributed by atoms with Gasteiger partial charge in [-0.1, -0.05) is 0 Å². The zero-order valence-corrected chi connectivity index (χ0v) is 9.81. The largest absolute Gasteiger partial charge is 0.478 e. The number of aromatic nitrogens is 2. The molecule has 2 rings (SSSR count). The minimum Gasteiger partial charge on any atom is -0.478 e. The van der Waals surface area contributed by atoms with Gasteiger partial charge in [0.15, 0.2) is 0 Å². The topological polar surface area (TPSA) is 83.3 Å². The summed E-state index contributed by atoms with van der Waals surface area (Å²) in [6.07, 6.45) is 0.511. The van der Waals surface area contributed by atoms with E-state index in [4.69, 9.17) is 5.11 Å². The predicted octanol–water partition coefficient (Wildman–Crippen LogP) is 1.63. The number of aliphatic hydroxyl groups is 1. The van der Waals surface area contributed by atoms with Gasteiger partial charge in [0.2, 0.25) is 0 Å². The Morgan fingerprint density at radius 2 is 2.24 bits per heavy atom. The van der Waals surface area contributed by atoms with Crippen LogP contribution in [0.25, 0.3) is 0 Å². The standard InChI is InChI=1S/C11H10N2O3S/c1-6-12-4-2-8(13-6)9(14)10-7(11(15)16)3-5-17-10/h2-5,9,14H,1H3,(H,15,16). The molecule has 17 heavy (non-hydrogen) atoms. The van der Waals surface area contributed by atoms with E-state index in [2.05, 4.69) is 9.97 Å². The number of carbonyl (C=O) groups is 1. The molecule has 0 spiro atoms. The summed E-state index contributed by atoms with van der Waals surface area (Å²) in [6, 6.07) is 3.04. The van der Waals surface area contributed by atoms with Crippen LogP contribution >= 0.6 is 11.3 Å². The highest BCUT2D eigenvalue weighted by atomic mass is 32.1. The second-order valence-electron chi connectivity index (χ2n) is 3.43. The maximum Gasteiger partial charge on any atom is 0.336 e. The molecule has 0 aliphatic carbocycles. The Balaban J connectivity index is 2.40. The number of aromatic carboxylic acids is 1. The lowest BCUT2D eigenvalue weighted by Gasteiger charge is -2.09. The molecule has 88 valence electrons. The first-order valence-electron chi connectivity index (χ1n) is 4.88. The molecule has 0 bridgehead atoms. The minimum absolute atomic E-state index is 0.110. The Morgan fingerprint density at radius 1 is 1.47 bits per heavy atom. The predicted molar refractivity (Wildman–Crippen MR) is 62.1 cm³/mol. The van der Waals surface area contributed by atoms with Gasteiger partial charge in [0.1, 0.15) is 11.9 Å². The highest BCUT2D eigenvalue weighted by Crippen LogP contribution is 2.28. The van der Waals surface area contributed by atoms with Gasteiger partial charge in [-0.3, -0.25) is 0 Å². The van der Waals surface area contributed by atoms with Gasteiger partial charge in [-0.25, -0.2) is 14.8 Å². The lowest BCUT2D eigenvalue weighted by atomic mass is 10.1. The quantitative estimate of drug-likeness (QED) is 0.865. The molecular formula is C11H10N2O3S. The molecule has 0 fully saturated rings. The van der Waals surface area contributed by atoms with Crippen LogP contribution in [0.15, 0.2) is 23.7 Å². The molecule has 0 amide bonds. The van der Waals surface area contributed by atoms with Gasteiger partial charge in [-0.15, -0.1) is 11.3 Å². The summed E-state index contributed by atoms with van der Waals surface area (Å²) in [7, 11) is 0. The van der Waals surface area contributed by atoms with E-state index >= 15 is 0 Å². The van der Waals surface area contributed by atoms with Gasteiger partial charge in [-0.05, 0) is 24.4 Å². The number of thiophene rings is 1. The normalized spacial score (nSPS) is 12.4. The molecule has 2 heterocycles. The zero-order chi connectivity index (χ0) is 12.4. The Hall–Kier alpha value is -1.79. The molecule has 1 atom stereocenters. The van der Waals surface area contributed by atoms with Crippen LogP contribution < -0.4 is 0 Å². The van der Waals surface area contributed by atoms with Crippen LogP contribution in [-0.4, -0.2) is 26.2 Å². The molecule has 5 nitrogen and oxygen atoms in total. The maximum atomic E-state index is 10.9. The second kappa shape index (κ2) is 4.60. The summed E-state index contributed by atoms with van der Waals surface area (Å²) in [5.74, 6) is -0.513. The van der Waals surface area contributed by atoms with Crippen LogP contribution in [0.1, 0.15) is 32.9 Å². The van der Waals surface area contributed by atoms with Crippen molar-refractivity contribution >= 4 is 17.3 Å². The molecule has 0 aliphatic heterocycles. The van der Waals surface area contributed by atoms with Crippen molar-refractivity contribution in [2.45, 2.75) is 13.0 Å². The summed E-state index contributed by atoms with van der Waals surface area (Å²) < 4.78 is 0. The van der Waals surface area contributed by atoms with E-state index in [1.165, 1.54) is 23.6 Å². The fourth-order valence-corrected chi connectivity index (χ4v) is 2.35. The van der Waals surface area contributed by atoms with E-state index in [9.17, 15) is 9.90 Å². The molecule has 1 unspecified atom stereocenters. The summed E-state index contributed by atoms with van der Waals surface area (Å²) in [4.78, 5) is 19.3. The number of aliphatic hydroxyl groups excluding tert-OH is 1. The number of aryl methyl sites for hydroxylation is 1. The highest BCUT2D eigenvalue weighted by molar-refractivity contribution is 7.10. The fourth-order valence-electron chi connectivity index (χ4n) is 1.47. The lowest BCUT2D eigenvalue weighted by molar-refractivity contribution is 0.0692.